The molecule has 1 saturated carbocycles. The number of rotatable bonds is 3. The van der Waals surface area contributed by atoms with Gasteiger partial charge in [0.2, 0.25) is 0 Å². The quantitative estimate of drug-likeness (QED) is 0.716. The third-order valence-corrected chi connectivity index (χ3v) is 2.88. The van der Waals surface area contributed by atoms with E-state index in [4.69, 9.17) is 10.7 Å². The summed E-state index contributed by atoms with van der Waals surface area (Å²) < 4.78 is 0. The van der Waals surface area contributed by atoms with Crippen molar-refractivity contribution in [2.75, 3.05) is 6.61 Å². The van der Waals surface area contributed by atoms with E-state index in [9.17, 15) is 0 Å². The number of benzene rings is 1. The largest absolute Gasteiger partial charge is 0.304 e. The highest BCUT2D eigenvalue weighted by molar-refractivity contribution is 5.33. The van der Waals surface area contributed by atoms with Crippen LogP contribution in [0.25, 0.3) is 0 Å². The average molecular weight is 177 g/mol. The Hall–Kier alpha value is -0.860. The highest BCUT2D eigenvalue weighted by Gasteiger charge is 2.44. The molecule has 2 N–H and O–H groups in total. The molecule has 13 heavy (non-hydrogen) atoms. The Kier molecular flexibility index (Phi) is 2.10. The molecule has 70 valence electrons. The fourth-order valence-corrected chi connectivity index (χ4v) is 1.73. The van der Waals surface area contributed by atoms with Crippen LogP contribution in [0.1, 0.15) is 24.0 Å². The van der Waals surface area contributed by atoms with Crippen molar-refractivity contribution in [1.29, 1.82) is 0 Å². The molecule has 0 bridgehead atoms. The molecule has 0 saturated heterocycles. The van der Waals surface area contributed by atoms with Gasteiger partial charge in [-0.2, -0.15) is 0 Å². The lowest BCUT2D eigenvalue weighted by atomic mass is 9.96. The molecule has 1 aliphatic rings. The number of aryl methyl sites for hydroxylation is 1. The summed E-state index contributed by atoms with van der Waals surface area (Å²) in [5.74, 6) is 5.12. The van der Waals surface area contributed by atoms with Gasteiger partial charge in [0.1, 0.15) is 0 Å². The minimum atomic E-state index is 0.239. The third-order valence-electron chi connectivity index (χ3n) is 2.88. The minimum absolute atomic E-state index is 0.239. The Labute approximate surface area is 78.7 Å². The van der Waals surface area contributed by atoms with Crippen LogP contribution in [0.15, 0.2) is 24.3 Å². The SMILES string of the molecule is Cc1ccc(C2(CON)CC2)cc1. The lowest BCUT2D eigenvalue weighted by Gasteiger charge is -2.13. The molecule has 1 aromatic rings. The maximum Gasteiger partial charge on any atom is 0.0775 e. The molecule has 0 aliphatic heterocycles. The van der Waals surface area contributed by atoms with Gasteiger partial charge in [-0.3, -0.25) is 0 Å². The molecule has 1 aromatic carbocycles. The molecule has 1 aliphatic carbocycles. The van der Waals surface area contributed by atoms with Crippen molar-refractivity contribution >= 4 is 0 Å². The molecule has 0 amide bonds. The Morgan fingerprint density at radius 2 is 1.92 bits per heavy atom. The van der Waals surface area contributed by atoms with Crippen molar-refractivity contribution in [3.05, 3.63) is 35.4 Å². The van der Waals surface area contributed by atoms with Crippen molar-refractivity contribution in [3.8, 4) is 0 Å². The van der Waals surface area contributed by atoms with Gasteiger partial charge in [-0.1, -0.05) is 29.8 Å². The van der Waals surface area contributed by atoms with Crippen molar-refractivity contribution in [2.24, 2.45) is 5.90 Å². The molecule has 0 unspecified atom stereocenters. The summed E-state index contributed by atoms with van der Waals surface area (Å²) in [6, 6.07) is 8.65. The number of hydrogen-bond acceptors (Lipinski definition) is 2. The molecule has 0 aromatic heterocycles. The smallest absolute Gasteiger partial charge is 0.0775 e. The summed E-state index contributed by atoms with van der Waals surface area (Å²) in [7, 11) is 0. The van der Waals surface area contributed by atoms with Gasteiger partial charge in [-0.05, 0) is 25.3 Å². The maximum atomic E-state index is 5.12. The van der Waals surface area contributed by atoms with Crippen LogP contribution in [-0.2, 0) is 10.3 Å². The van der Waals surface area contributed by atoms with Gasteiger partial charge < -0.3 is 4.84 Å². The normalized spacial score (nSPS) is 18.6. The molecular weight excluding hydrogens is 162 g/mol. The predicted octanol–water partition coefficient (Wildman–Crippen LogP) is 1.92. The predicted molar refractivity (Wildman–Crippen MR) is 52.2 cm³/mol. The fraction of sp³-hybridized carbons (Fsp3) is 0.455. The van der Waals surface area contributed by atoms with E-state index in [2.05, 4.69) is 31.2 Å². The highest BCUT2D eigenvalue weighted by Crippen LogP contribution is 2.48. The molecule has 0 spiro atoms. The second kappa shape index (κ2) is 3.13. The molecule has 2 heteroatoms. The van der Waals surface area contributed by atoms with E-state index in [1.807, 2.05) is 0 Å². The van der Waals surface area contributed by atoms with E-state index in [1.165, 1.54) is 24.0 Å². The van der Waals surface area contributed by atoms with Crippen LogP contribution in [0, 0.1) is 6.92 Å². The molecule has 0 heterocycles. The molecule has 0 radical (unpaired) electrons. The van der Waals surface area contributed by atoms with Crippen LogP contribution < -0.4 is 5.90 Å². The Bertz CT molecular complexity index is 287. The van der Waals surface area contributed by atoms with Gasteiger partial charge >= 0.3 is 0 Å². The first-order valence-corrected chi connectivity index (χ1v) is 4.66. The summed E-state index contributed by atoms with van der Waals surface area (Å²) >= 11 is 0. The Balaban J connectivity index is 2.20. The van der Waals surface area contributed by atoms with Crippen LogP contribution in [0.5, 0.6) is 0 Å². The van der Waals surface area contributed by atoms with Gasteiger partial charge in [0.05, 0.1) is 6.61 Å². The lowest BCUT2D eigenvalue weighted by molar-refractivity contribution is 0.116. The van der Waals surface area contributed by atoms with Crippen molar-refractivity contribution in [3.63, 3.8) is 0 Å². The van der Waals surface area contributed by atoms with Crippen LogP contribution in [0.2, 0.25) is 0 Å². The lowest BCUT2D eigenvalue weighted by Crippen LogP contribution is -2.17. The summed E-state index contributed by atoms with van der Waals surface area (Å²) in [6.45, 7) is 2.75. The molecule has 1 fully saturated rings. The van der Waals surface area contributed by atoms with Gasteiger partial charge in [0, 0.05) is 5.41 Å². The van der Waals surface area contributed by atoms with Crippen molar-refractivity contribution in [2.45, 2.75) is 25.2 Å². The van der Waals surface area contributed by atoms with Crippen molar-refractivity contribution < 1.29 is 4.84 Å². The summed E-state index contributed by atoms with van der Waals surface area (Å²) in [4.78, 5) is 4.75. The van der Waals surface area contributed by atoms with Crippen molar-refractivity contribution in [1.82, 2.24) is 0 Å². The van der Waals surface area contributed by atoms with Crippen LogP contribution in [0.4, 0.5) is 0 Å². The Morgan fingerprint density at radius 1 is 1.31 bits per heavy atom. The topological polar surface area (TPSA) is 35.2 Å². The standard InChI is InChI=1S/C11H15NO/c1-9-2-4-10(5-3-9)11(6-7-11)8-13-12/h2-5H,6-8,12H2,1H3. The average Bonchev–Trinajstić information content (AvgIpc) is 2.87. The second-order valence-electron chi connectivity index (χ2n) is 3.96. The molecule has 0 atom stereocenters. The van der Waals surface area contributed by atoms with Gasteiger partial charge in [-0.25, -0.2) is 5.90 Å². The highest BCUT2D eigenvalue weighted by atomic mass is 16.6. The van der Waals surface area contributed by atoms with E-state index in [0.717, 1.165) is 0 Å². The van der Waals surface area contributed by atoms with Gasteiger partial charge in [-0.15, -0.1) is 0 Å². The summed E-state index contributed by atoms with van der Waals surface area (Å²) in [5, 5.41) is 0. The monoisotopic (exact) mass is 177 g/mol. The summed E-state index contributed by atoms with van der Waals surface area (Å²) in [5.41, 5.74) is 2.90. The zero-order chi connectivity index (χ0) is 9.31. The molecule has 2 nitrogen and oxygen atoms in total. The van der Waals surface area contributed by atoms with E-state index >= 15 is 0 Å². The second-order valence-corrected chi connectivity index (χ2v) is 3.96. The van der Waals surface area contributed by atoms with Gasteiger partial charge in [0.15, 0.2) is 0 Å². The molecular formula is C11H15NO. The first-order valence-electron chi connectivity index (χ1n) is 4.66. The maximum absolute atomic E-state index is 5.12. The first kappa shape index (κ1) is 8.73. The van der Waals surface area contributed by atoms with Gasteiger partial charge in [0.25, 0.3) is 0 Å². The first-order chi connectivity index (χ1) is 6.27. The number of nitrogens with two attached hydrogens (primary N) is 1. The van der Waals surface area contributed by atoms with E-state index in [1.54, 1.807) is 0 Å². The fourth-order valence-electron chi connectivity index (χ4n) is 1.73. The zero-order valence-corrected chi connectivity index (χ0v) is 7.92. The molecule has 2 rings (SSSR count). The van der Waals surface area contributed by atoms with E-state index in [0.29, 0.717) is 6.61 Å². The number of hydrogen-bond donors (Lipinski definition) is 1. The van der Waals surface area contributed by atoms with Crippen LogP contribution in [-0.4, -0.2) is 6.61 Å². The third kappa shape index (κ3) is 1.60. The Morgan fingerprint density at radius 3 is 2.38 bits per heavy atom. The van der Waals surface area contributed by atoms with Crippen LogP contribution >= 0.6 is 0 Å². The minimum Gasteiger partial charge on any atom is -0.304 e. The zero-order valence-electron chi connectivity index (χ0n) is 7.92. The van der Waals surface area contributed by atoms with E-state index in [-0.39, 0.29) is 5.41 Å². The van der Waals surface area contributed by atoms with E-state index < -0.39 is 0 Å². The van der Waals surface area contributed by atoms with Crippen LogP contribution in [0.3, 0.4) is 0 Å². The summed E-state index contributed by atoms with van der Waals surface area (Å²) in [6.07, 6.45) is 2.40.